The Bertz CT molecular complexity index is 3730. The van der Waals surface area contributed by atoms with Gasteiger partial charge >= 0.3 is 35.8 Å². The maximum atomic E-state index is 14.8. The number of esters is 5. The quantitative estimate of drug-likeness (QED) is 0.0670. The van der Waals surface area contributed by atoms with Crippen LogP contribution in [0.1, 0.15) is 62.1 Å². The third-order valence-electron chi connectivity index (χ3n) is 12.3. The summed E-state index contributed by atoms with van der Waals surface area (Å²) in [6.45, 7) is -1.42. The molecule has 0 aliphatic carbocycles. The molecule has 6 aromatic rings. The highest BCUT2D eigenvalue weighted by Crippen LogP contribution is 2.57. The second kappa shape index (κ2) is 18.7. The summed E-state index contributed by atoms with van der Waals surface area (Å²) in [5.41, 5.74) is -11.7. The lowest BCUT2D eigenvalue weighted by Gasteiger charge is -2.44. The summed E-state index contributed by atoms with van der Waals surface area (Å²) >= 11 is 0. The average Bonchev–Trinajstić information content (AvgIpc) is 3.69. The van der Waals surface area contributed by atoms with Gasteiger partial charge in [-0.1, -0.05) is 0 Å². The molecule has 0 unspecified atom stereocenters. The van der Waals surface area contributed by atoms with E-state index >= 15 is 0 Å². The molecule has 3 aliphatic heterocycles. The zero-order valence-corrected chi connectivity index (χ0v) is 38.5. The number of phenols is 17. The van der Waals surface area contributed by atoms with Crippen molar-refractivity contribution >= 4 is 35.8 Å². The fourth-order valence-electron chi connectivity index (χ4n) is 8.51. The van der Waals surface area contributed by atoms with E-state index in [1.54, 1.807) is 0 Å². The predicted molar refractivity (Wildman–Crippen MR) is 244 cm³/mol. The number of fused-ring (bicyclic) bond motifs is 9. The third kappa shape index (κ3) is 8.31. The molecule has 3 aliphatic rings. The monoisotopic (exact) mass is 1100 g/mol. The number of aromatic hydroxyl groups is 17. The lowest BCUT2D eigenvalue weighted by atomic mass is 9.91. The van der Waals surface area contributed by atoms with E-state index in [0.29, 0.717) is 42.5 Å². The molecule has 3 heterocycles. The van der Waals surface area contributed by atoms with Crippen molar-refractivity contribution < 1.29 is 154 Å². The molecule has 0 saturated carbocycles. The number of hydrogen-bond acceptors (Lipinski definition) is 30. The van der Waals surface area contributed by atoms with Crippen molar-refractivity contribution in [3.8, 4) is 131 Å². The molecule has 0 spiro atoms. The van der Waals surface area contributed by atoms with Crippen LogP contribution >= 0.6 is 0 Å². The maximum absolute atomic E-state index is 14.8. The van der Waals surface area contributed by atoms with Gasteiger partial charge < -0.3 is 125 Å². The second-order valence-electron chi connectivity index (χ2n) is 16.9. The van der Waals surface area contributed by atoms with Gasteiger partial charge in [0.25, 0.3) is 0 Å². The Morgan fingerprint density at radius 3 is 1.34 bits per heavy atom. The molecule has 1 saturated heterocycles. The molecule has 31 nitrogen and oxygen atoms in total. The molecule has 1 fully saturated rings. The van der Waals surface area contributed by atoms with E-state index in [4.69, 9.17) is 33.2 Å². The lowest BCUT2D eigenvalue weighted by Crippen LogP contribution is -2.63. The van der Waals surface area contributed by atoms with E-state index in [-0.39, 0.29) is 0 Å². The van der Waals surface area contributed by atoms with E-state index in [1.807, 2.05) is 0 Å². The zero-order valence-electron chi connectivity index (χ0n) is 38.5. The first-order valence-electron chi connectivity index (χ1n) is 21.7. The predicted octanol–water partition coefficient (Wildman–Crippen LogP) is 2.55. The third-order valence-corrected chi connectivity index (χ3v) is 12.3. The highest BCUT2D eigenvalue weighted by atomic mass is 16.7. The summed E-state index contributed by atoms with van der Waals surface area (Å²) < 4.78 is 39.2. The standard InChI is InChI=1S/C48H32O31/c49-15-2-1-9(26(54)27(15)55)44(69)79-48-41-40(77-46(71)11-4-17(51)28(56)33(61)22(11)23-12(47(72)78-41)5-18(52)29(57)34(23)62)39-21(75-48)8-73-43(68)13-7-20(74-38-14(42(66)67)6-19(53)31(59)37(38)65)32(60)36(64)25(13)24-10(45(70)76-39)3-16(50)30(58)35(24)63/h1-7,21,39-41,48-65H,8H2,(H,66,67)/t21-,39-,40+,41-,48+/m1/s1. The first kappa shape index (κ1) is 52.4. The number of cyclic esters (lactones) is 1. The highest BCUT2D eigenvalue weighted by Gasteiger charge is 2.56. The number of hydrogen-bond donors (Lipinski definition) is 18. The Morgan fingerprint density at radius 1 is 0.430 bits per heavy atom. The fraction of sp³-hybridized carbons (Fsp3) is 0.125. The summed E-state index contributed by atoms with van der Waals surface area (Å²) in [7, 11) is 0. The molecule has 31 heteroatoms. The number of carbonyl (C=O) groups is 6. The Labute approximate surface area is 433 Å². The zero-order chi connectivity index (χ0) is 57.7. The molecule has 0 amide bonds. The molecule has 18 N–H and O–H groups in total. The van der Waals surface area contributed by atoms with E-state index in [9.17, 15) is 121 Å². The number of carboxylic acids is 1. The van der Waals surface area contributed by atoms with Gasteiger partial charge in [-0.25, -0.2) is 28.8 Å². The van der Waals surface area contributed by atoms with Crippen LogP contribution in [-0.2, 0) is 28.4 Å². The minimum atomic E-state index is -2.68. The van der Waals surface area contributed by atoms with Gasteiger partial charge in [0.2, 0.25) is 52.6 Å². The molecule has 9 rings (SSSR count). The van der Waals surface area contributed by atoms with Crippen molar-refractivity contribution in [3.05, 3.63) is 75.8 Å². The van der Waals surface area contributed by atoms with Crippen LogP contribution in [0.25, 0.3) is 22.3 Å². The fourth-order valence-corrected chi connectivity index (χ4v) is 8.51. The summed E-state index contributed by atoms with van der Waals surface area (Å²) in [6, 6.07) is 3.13. The van der Waals surface area contributed by atoms with Crippen molar-refractivity contribution in [2.24, 2.45) is 0 Å². The molecular weight excluding hydrogens is 1070 g/mol. The van der Waals surface area contributed by atoms with Crippen LogP contribution in [0.15, 0.2) is 42.5 Å². The first-order chi connectivity index (χ1) is 37.1. The summed E-state index contributed by atoms with van der Waals surface area (Å²) in [5, 5.41) is 192. The molecule has 0 radical (unpaired) electrons. The highest BCUT2D eigenvalue weighted by molar-refractivity contribution is 6.10. The van der Waals surface area contributed by atoms with Crippen LogP contribution in [0.5, 0.6) is 109 Å². The van der Waals surface area contributed by atoms with Crippen LogP contribution in [0, 0.1) is 0 Å². The van der Waals surface area contributed by atoms with Gasteiger partial charge in [-0.3, -0.25) is 0 Å². The van der Waals surface area contributed by atoms with Gasteiger partial charge in [-0.15, -0.1) is 0 Å². The van der Waals surface area contributed by atoms with Crippen molar-refractivity contribution in [1.82, 2.24) is 0 Å². The molecule has 0 aromatic heterocycles. The minimum absolute atomic E-state index is 0.316. The van der Waals surface area contributed by atoms with Gasteiger partial charge in [-0.05, 0) is 30.3 Å². The summed E-state index contributed by atoms with van der Waals surface area (Å²) in [6.07, 6.45) is -12.9. The second-order valence-corrected chi connectivity index (χ2v) is 16.9. The molecule has 79 heavy (non-hydrogen) atoms. The topological polar surface area (TPSA) is 531 Å². The Morgan fingerprint density at radius 2 is 0.848 bits per heavy atom. The summed E-state index contributed by atoms with van der Waals surface area (Å²) in [4.78, 5) is 84.4. The van der Waals surface area contributed by atoms with Gasteiger partial charge in [0, 0.05) is 34.4 Å². The average molecular weight is 1100 g/mol. The van der Waals surface area contributed by atoms with E-state index in [0.717, 1.165) is 0 Å². The Balaban J connectivity index is 1.26. The van der Waals surface area contributed by atoms with Gasteiger partial charge in [0.05, 0.1) is 22.3 Å². The lowest BCUT2D eigenvalue weighted by molar-refractivity contribution is -0.282. The maximum Gasteiger partial charge on any atom is 0.344 e. The molecule has 0 bridgehead atoms. The van der Waals surface area contributed by atoms with Crippen LogP contribution in [-0.4, -0.2) is 165 Å². The normalized spacial score (nSPS) is 18.7. The summed E-state index contributed by atoms with van der Waals surface area (Å²) in [5.74, 6) is -37.7. The van der Waals surface area contributed by atoms with Crippen LogP contribution < -0.4 is 4.74 Å². The van der Waals surface area contributed by atoms with Crippen LogP contribution in [0.3, 0.4) is 0 Å². The molecule has 5 atom stereocenters. The van der Waals surface area contributed by atoms with Crippen molar-refractivity contribution in [1.29, 1.82) is 0 Å². The largest absolute Gasteiger partial charge is 0.504 e. The van der Waals surface area contributed by atoms with Crippen molar-refractivity contribution in [3.63, 3.8) is 0 Å². The minimum Gasteiger partial charge on any atom is -0.504 e. The smallest absolute Gasteiger partial charge is 0.344 e. The number of benzene rings is 6. The van der Waals surface area contributed by atoms with E-state index in [2.05, 4.69) is 0 Å². The van der Waals surface area contributed by atoms with Crippen LogP contribution in [0.4, 0.5) is 0 Å². The first-order valence-corrected chi connectivity index (χ1v) is 21.7. The molecular formula is C48H32O31. The number of ether oxygens (including phenoxy) is 7. The molecule has 410 valence electrons. The SMILES string of the molecule is O=C(O[C@@H]1O[C@@H]2COC(=O)c3cc(Oc4c(C(=O)O)cc(O)c(O)c4O)c(O)c(O)c3-c3c(cc(O)c(O)c3O)C(=O)O[C@H]2[C@@H]2OC(=O)c3cc(O)c(O)c(O)c3-c3c(cc(O)c(O)c3O)C(=O)O[C@@H]12)c1ccc(O)c(O)c1O. The van der Waals surface area contributed by atoms with Gasteiger partial charge in [0.1, 0.15) is 23.8 Å². The van der Waals surface area contributed by atoms with Crippen molar-refractivity contribution in [2.75, 3.05) is 6.61 Å². The van der Waals surface area contributed by atoms with Crippen molar-refractivity contribution in [2.45, 2.75) is 30.7 Å². The van der Waals surface area contributed by atoms with E-state index in [1.165, 1.54) is 0 Å². The number of carboxylic acid groups (broad SMARTS) is 1. The van der Waals surface area contributed by atoms with Gasteiger partial charge in [0.15, 0.2) is 81.2 Å². The number of phenolic OH excluding ortho intramolecular Hbond substituents is 17. The Hall–Kier alpha value is -11.5. The van der Waals surface area contributed by atoms with E-state index < -0.39 is 238 Å². The Kier molecular flexibility index (Phi) is 12.4. The van der Waals surface area contributed by atoms with Gasteiger partial charge in [-0.2, -0.15) is 0 Å². The number of aromatic carboxylic acids is 1. The molecule has 6 aromatic carbocycles. The van der Waals surface area contributed by atoms with Crippen LogP contribution in [0.2, 0.25) is 0 Å². The number of rotatable bonds is 5. The number of carbonyl (C=O) groups excluding carboxylic acids is 5.